The molecule has 248 valence electrons. The number of ether oxygens (including phenoxy) is 3. The Morgan fingerprint density at radius 2 is 1.11 bits per heavy atom. The first kappa shape index (κ1) is 35.4. The van der Waals surface area contributed by atoms with E-state index in [1.807, 2.05) is 5.32 Å². The fourth-order valence-corrected chi connectivity index (χ4v) is 3.31. The molecule has 7 nitrogen and oxygen atoms in total. The van der Waals surface area contributed by atoms with Crippen molar-refractivity contribution in [2.75, 3.05) is 10.6 Å². The Morgan fingerprint density at radius 1 is 0.630 bits per heavy atom. The van der Waals surface area contributed by atoms with Crippen LogP contribution < -0.4 is 15.4 Å². The van der Waals surface area contributed by atoms with Gasteiger partial charge in [0.2, 0.25) is 5.83 Å². The molecule has 0 aliphatic carbocycles. The molecular weight excluding hydrogens is 653 g/mol. The molecule has 2 amide bonds. The molecule has 46 heavy (non-hydrogen) atoms. The van der Waals surface area contributed by atoms with Gasteiger partial charge in [0, 0.05) is 11.8 Å². The molecule has 0 atom stereocenters. The number of rotatable bonds is 11. The molecule has 18 heteroatoms. The molecule has 0 aliphatic rings. The fourth-order valence-electron chi connectivity index (χ4n) is 3.31. The quantitative estimate of drug-likeness (QED) is 0.157. The van der Waals surface area contributed by atoms with Crippen LogP contribution in [0.2, 0.25) is 0 Å². The molecular formula is C28H19F11N2O5. The molecule has 0 aliphatic heterocycles. The number of amides is 2. The van der Waals surface area contributed by atoms with Gasteiger partial charge in [-0.1, -0.05) is 60.7 Å². The summed E-state index contributed by atoms with van der Waals surface area (Å²) < 4.78 is 161. The smallest absolute Gasteiger partial charge is 0.444 e. The van der Waals surface area contributed by atoms with Crippen LogP contribution in [0.5, 0.6) is 5.75 Å². The van der Waals surface area contributed by atoms with Gasteiger partial charge in [0.25, 0.3) is 0 Å². The molecule has 3 aromatic carbocycles. The van der Waals surface area contributed by atoms with Gasteiger partial charge in [0.1, 0.15) is 13.2 Å². The number of halogens is 11. The van der Waals surface area contributed by atoms with Crippen molar-refractivity contribution in [1.29, 1.82) is 0 Å². The first-order valence-electron chi connectivity index (χ1n) is 12.4. The number of carbonyl (C=O) groups excluding carboxylic acids is 2. The Bertz CT molecular complexity index is 1550. The summed E-state index contributed by atoms with van der Waals surface area (Å²) in [5.74, 6) is -27.6. The lowest BCUT2D eigenvalue weighted by Gasteiger charge is -2.32. The number of carbonyl (C=O) groups is 2. The first-order valence-corrected chi connectivity index (χ1v) is 12.4. The molecule has 0 radical (unpaired) electrons. The van der Waals surface area contributed by atoms with Crippen molar-refractivity contribution in [2.24, 2.45) is 0 Å². The summed E-state index contributed by atoms with van der Waals surface area (Å²) >= 11 is 0. The van der Waals surface area contributed by atoms with Gasteiger partial charge in [-0.3, -0.25) is 10.6 Å². The molecule has 0 heterocycles. The van der Waals surface area contributed by atoms with E-state index in [1.165, 1.54) is 0 Å². The van der Waals surface area contributed by atoms with Gasteiger partial charge in [-0.25, -0.2) is 9.59 Å². The minimum Gasteiger partial charge on any atom is -0.444 e. The highest BCUT2D eigenvalue weighted by atomic mass is 19.4. The van der Waals surface area contributed by atoms with E-state index in [9.17, 15) is 57.9 Å². The highest BCUT2D eigenvalue weighted by Gasteiger charge is 2.83. The molecule has 0 bridgehead atoms. The predicted octanol–water partition coefficient (Wildman–Crippen LogP) is 9.14. The van der Waals surface area contributed by atoms with Gasteiger partial charge >= 0.3 is 42.1 Å². The monoisotopic (exact) mass is 672 g/mol. The van der Waals surface area contributed by atoms with Gasteiger partial charge in [-0.15, -0.1) is 0 Å². The number of hydrogen-bond acceptors (Lipinski definition) is 5. The Balaban J connectivity index is 1.90. The zero-order valence-corrected chi connectivity index (χ0v) is 22.6. The van der Waals surface area contributed by atoms with E-state index in [0.29, 0.717) is 17.2 Å². The Hall–Kier alpha value is -5.03. The number of anilines is 2. The summed E-state index contributed by atoms with van der Waals surface area (Å²) in [5, 5.41) is 3.98. The van der Waals surface area contributed by atoms with Gasteiger partial charge in [-0.2, -0.15) is 48.3 Å². The zero-order chi connectivity index (χ0) is 34.3. The lowest BCUT2D eigenvalue weighted by molar-refractivity contribution is -0.392. The SMILES string of the molecule is O=C(Nc1ccc(NC(=O)OCc2ccccc2)c(OC(F)=C(F)C(F)(F)C(F)(F)C(F)(F)C(F)(F)F)c1)OCc1ccccc1. The lowest BCUT2D eigenvalue weighted by atomic mass is 10.0. The van der Waals surface area contributed by atoms with Crippen molar-refractivity contribution < 1.29 is 72.1 Å². The van der Waals surface area contributed by atoms with E-state index < -0.39 is 65.1 Å². The standard InChI is InChI=1S/C28H19F11N2O5/c29-21(25(31,32)26(33,34)27(35,36)28(37,38)39)22(30)46-20-13-18(40-23(42)44-14-16-7-3-1-4-8-16)11-12-19(20)41-24(43)45-15-17-9-5-2-6-10-17/h1-13H,14-15H2,(H,40,42)(H,41,43). The average Bonchev–Trinajstić information content (AvgIpc) is 3.00. The van der Waals surface area contributed by atoms with Crippen molar-refractivity contribution in [3.8, 4) is 5.75 Å². The Labute approximate surface area is 251 Å². The molecule has 3 aromatic rings. The number of hydrogen-bond donors (Lipinski definition) is 2. The second kappa shape index (κ2) is 13.9. The summed E-state index contributed by atoms with van der Waals surface area (Å²) in [6.45, 7) is -0.620. The molecule has 0 fully saturated rings. The second-order valence-electron chi connectivity index (χ2n) is 9.00. The summed E-state index contributed by atoms with van der Waals surface area (Å²) in [5.41, 5.74) is -0.200. The zero-order valence-electron chi connectivity index (χ0n) is 22.6. The second-order valence-corrected chi connectivity index (χ2v) is 9.00. The van der Waals surface area contributed by atoms with Crippen LogP contribution in [0.15, 0.2) is 90.7 Å². The van der Waals surface area contributed by atoms with Crippen molar-refractivity contribution in [2.45, 2.75) is 37.2 Å². The van der Waals surface area contributed by atoms with E-state index in [2.05, 4.69) is 10.1 Å². The summed E-state index contributed by atoms with van der Waals surface area (Å²) in [7, 11) is 0. The number of nitrogens with one attached hydrogen (secondary N) is 2. The molecule has 0 unspecified atom stereocenters. The molecule has 3 rings (SSSR count). The van der Waals surface area contributed by atoms with Crippen molar-refractivity contribution in [3.05, 3.63) is 102 Å². The van der Waals surface area contributed by atoms with Crippen LogP contribution in [0.4, 0.5) is 69.3 Å². The maximum absolute atomic E-state index is 14.5. The van der Waals surface area contributed by atoms with Crippen LogP contribution in [0.25, 0.3) is 0 Å². The predicted molar refractivity (Wildman–Crippen MR) is 138 cm³/mol. The van der Waals surface area contributed by atoms with E-state index in [1.54, 1.807) is 60.7 Å². The summed E-state index contributed by atoms with van der Waals surface area (Å²) in [6, 6.07) is 14.9. The lowest BCUT2D eigenvalue weighted by Crippen LogP contribution is -2.61. The molecule has 0 saturated heterocycles. The Morgan fingerprint density at radius 3 is 1.59 bits per heavy atom. The van der Waals surface area contributed by atoms with Crippen LogP contribution in [0.3, 0.4) is 0 Å². The fraction of sp³-hybridized carbons (Fsp3) is 0.214. The van der Waals surface area contributed by atoms with Crippen LogP contribution in [-0.4, -0.2) is 36.1 Å². The van der Waals surface area contributed by atoms with Gasteiger partial charge in [0.15, 0.2) is 5.75 Å². The molecule has 2 N–H and O–H groups in total. The van der Waals surface area contributed by atoms with Crippen molar-refractivity contribution in [3.63, 3.8) is 0 Å². The van der Waals surface area contributed by atoms with Crippen LogP contribution in [-0.2, 0) is 22.7 Å². The summed E-state index contributed by atoms with van der Waals surface area (Å²) in [6.07, 6.45) is -9.81. The van der Waals surface area contributed by atoms with E-state index in [0.717, 1.165) is 12.1 Å². The van der Waals surface area contributed by atoms with Crippen molar-refractivity contribution >= 4 is 23.6 Å². The first-order chi connectivity index (χ1) is 21.4. The van der Waals surface area contributed by atoms with Crippen molar-refractivity contribution in [1.82, 2.24) is 0 Å². The normalized spacial score (nSPS) is 12.9. The summed E-state index contributed by atoms with van der Waals surface area (Å²) in [4.78, 5) is 24.4. The largest absolute Gasteiger partial charge is 0.460 e. The molecule has 0 aromatic heterocycles. The average molecular weight is 672 g/mol. The van der Waals surface area contributed by atoms with Crippen LogP contribution in [0, 0.1) is 0 Å². The van der Waals surface area contributed by atoms with E-state index in [4.69, 9.17) is 9.47 Å². The molecule has 0 spiro atoms. The van der Waals surface area contributed by atoms with E-state index in [-0.39, 0.29) is 13.2 Å². The highest BCUT2D eigenvalue weighted by molar-refractivity contribution is 5.89. The highest BCUT2D eigenvalue weighted by Crippen LogP contribution is 2.56. The maximum Gasteiger partial charge on any atom is 0.460 e. The van der Waals surface area contributed by atoms with Crippen LogP contribution in [0.1, 0.15) is 11.1 Å². The van der Waals surface area contributed by atoms with Gasteiger partial charge < -0.3 is 14.2 Å². The third-order valence-corrected chi connectivity index (χ3v) is 5.68. The maximum atomic E-state index is 14.5. The topological polar surface area (TPSA) is 85.9 Å². The number of allylic oxidation sites excluding steroid dienone is 1. The molecule has 0 saturated carbocycles. The minimum atomic E-state index is -7.54. The number of benzene rings is 3. The third kappa shape index (κ3) is 8.16. The van der Waals surface area contributed by atoms with E-state index >= 15 is 0 Å². The van der Waals surface area contributed by atoms with Crippen LogP contribution >= 0.6 is 0 Å². The third-order valence-electron chi connectivity index (χ3n) is 5.68. The Kier molecular flexibility index (Phi) is 10.7. The number of alkyl halides is 9. The van der Waals surface area contributed by atoms with Gasteiger partial charge in [-0.05, 0) is 23.3 Å². The minimum absolute atomic E-state index is 0.267. The van der Waals surface area contributed by atoms with Gasteiger partial charge in [0.05, 0.1) is 5.69 Å².